The van der Waals surface area contributed by atoms with Crippen molar-refractivity contribution in [3.63, 3.8) is 0 Å². The molecule has 0 aliphatic rings. The maximum atomic E-state index is 12.7. The first-order valence-corrected chi connectivity index (χ1v) is 9.00. The Morgan fingerprint density at radius 2 is 1.60 bits per heavy atom. The minimum atomic E-state index is -1.10. The Morgan fingerprint density at radius 3 is 2.07 bits per heavy atom. The van der Waals surface area contributed by atoms with Crippen molar-refractivity contribution in [2.24, 2.45) is 0 Å². The number of imidazole rings is 1. The quantitative estimate of drug-likeness (QED) is 0.578. The van der Waals surface area contributed by atoms with Crippen LogP contribution in [0, 0.1) is 0 Å². The van der Waals surface area contributed by atoms with E-state index in [0.29, 0.717) is 4.90 Å². The van der Waals surface area contributed by atoms with Gasteiger partial charge in [0.2, 0.25) is 5.95 Å². The lowest BCUT2D eigenvalue weighted by atomic mass is 10.2. The van der Waals surface area contributed by atoms with E-state index in [0.717, 1.165) is 0 Å². The van der Waals surface area contributed by atoms with Crippen molar-refractivity contribution < 1.29 is 28.6 Å². The number of anilines is 1. The molecule has 1 N–H and O–H groups in total. The van der Waals surface area contributed by atoms with E-state index in [9.17, 15) is 19.2 Å². The van der Waals surface area contributed by atoms with Crippen LogP contribution in [0.4, 0.5) is 15.5 Å². The first-order chi connectivity index (χ1) is 13.7. The Balaban J connectivity index is 2.60. The number of aromatic amines is 1. The number of ether oxygens (including phenoxy) is 3. The Bertz CT molecular complexity index is 998. The Morgan fingerprint density at radius 1 is 1.07 bits per heavy atom. The maximum absolute atomic E-state index is 12.7. The van der Waals surface area contributed by atoms with E-state index in [-0.39, 0.29) is 17.7 Å². The van der Waals surface area contributed by atoms with Crippen molar-refractivity contribution in [1.82, 2.24) is 19.5 Å². The number of H-pyrrole nitrogens is 1. The number of amides is 2. The molecule has 2 amide bonds. The number of nitrogens with one attached hydrogen (secondary N) is 1. The molecule has 30 heavy (non-hydrogen) atoms. The topological polar surface area (TPSA) is 146 Å². The van der Waals surface area contributed by atoms with E-state index in [1.54, 1.807) is 41.5 Å². The molecule has 164 valence electrons. The summed E-state index contributed by atoms with van der Waals surface area (Å²) >= 11 is 0. The van der Waals surface area contributed by atoms with Crippen molar-refractivity contribution >= 4 is 35.3 Å². The van der Waals surface area contributed by atoms with Gasteiger partial charge in [-0.1, -0.05) is 0 Å². The second kappa shape index (κ2) is 8.13. The first-order valence-electron chi connectivity index (χ1n) is 9.00. The van der Waals surface area contributed by atoms with Gasteiger partial charge < -0.3 is 18.8 Å². The summed E-state index contributed by atoms with van der Waals surface area (Å²) < 4.78 is 16.4. The van der Waals surface area contributed by atoms with Crippen LogP contribution in [0.2, 0.25) is 0 Å². The normalized spacial score (nSPS) is 11.8. The zero-order valence-electron chi connectivity index (χ0n) is 17.9. The zero-order chi connectivity index (χ0) is 22.9. The van der Waals surface area contributed by atoms with Crippen LogP contribution in [0.25, 0.3) is 11.2 Å². The van der Waals surface area contributed by atoms with Crippen LogP contribution >= 0.6 is 0 Å². The summed E-state index contributed by atoms with van der Waals surface area (Å²) in [7, 11) is 1.21. The molecule has 0 aromatic carbocycles. The second-order valence-corrected chi connectivity index (χ2v) is 8.31. The molecule has 0 radical (unpaired) electrons. The molecule has 0 bridgehead atoms. The lowest BCUT2D eigenvalue weighted by Crippen LogP contribution is -2.45. The van der Waals surface area contributed by atoms with Gasteiger partial charge in [-0.3, -0.25) is 14.6 Å². The number of nitrogens with zero attached hydrogens (tertiary/aromatic N) is 4. The minimum absolute atomic E-state index is 0.0312. The van der Waals surface area contributed by atoms with Crippen LogP contribution in [0.5, 0.6) is 0 Å². The highest BCUT2D eigenvalue weighted by atomic mass is 16.6. The Hall–Kier alpha value is -3.44. The molecule has 0 fully saturated rings. The summed E-state index contributed by atoms with van der Waals surface area (Å²) in [4.78, 5) is 60.4. The fourth-order valence-corrected chi connectivity index (χ4v) is 2.23. The van der Waals surface area contributed by atoms with Gasteiger partial charge in [-0.2, -0.15) is 4.98 Å². The standard InChI is InChI=1S/C18H25N5O7/c1-17(2,3)29-15(26)23(16(27)30-18(4,5)6)14-20-12-11(13(25)21-14)19-9-22(12)8-10(24)28-7/h9H,8H2,1-7H3,(H,20,21,25). The van der Waals surface area contributed by atoms with Gasteiger partial charge in [-0.25, -0.2) is 14.6 Å². The Labute approximate surface area is 172 Å². The molecule has 0 spiro atoms. The monoisotopic (exact) mass is 423 g/mol. The number of carbonyl (C=O) groups is 3. The molecule has 12 heteroatoms. The number of carbonyl (C=O) groups excluding carboxylic acids is 3. The van der Waals surface area contributed by atoms with Crippen molar-refractivity contribution in [2.45, 2.75) is 59.3 Å². The van der Waals surface area contributed by atoms with Crippen LogP contribution in [0.15, 0.2) is 11.1 Å². The van der Waals surface area contributed by atoms with E-state index in [1.165, 1.54) is 18.0 Å². The number of aromatic nitrogens is 4. The molecule has 2 rings (SSSR count). The van der Waals surface area contributed by atoms with Crippen LogP contribution in [0.1, 0.15) is 41.5 Å². The number of esters is 1. The first kappa shape index (κ1) is 22.8. The minimum Gasteiger partial charge on any atom is -0.468 e. The lowest BCUT2D eigenvalue weighted by molar-refractivity contribution is -0.141. The molecular formula is C18H25N5O7. The second-order valence-electron chi connectivity index (χ2n) is 8.31. The molecule has 2 aromatic heterocycles. The highest BCUT2D eigenvalue weighted by Crippen LogP contribution is 2.19. The fraction of sp³-hybridized carbons (Fsp3) is 0.556. The van der Waals surface area contributed by atoms with Crippen LogP contribution in [0.3, 0.4) is 0 Å². The number of rotatable bonds is 3. The third-order valence-corrected chi connectivity index (χ3v) is 3.35. The zero-order valence-corrected chi connectivity index (χ0v) is 17.9. The van der Waals surface area contributed by atoms with Gasteiger partial charge in [-0.15, -0.1) is 4.90 Å². The van der Waals surface area contributed by atoms with Gasteiger partial charge in [0.1, 0.15) is 17.7 Å². The summed E-state index contributed by atoms with van der Waals surface area (Å²) in [6.07, 6.45) is -0.976. The predicted molar refractivity (Wildman–Crippen MR) is 105 cm³/mol. The molecule has 0 saturated carbocycles. The largest absolute Gasteiger partial charge is 0.468 e. The van der Waals surface area contributed by atoms with Gasteiger partial charge >= 0.3 is 18.2 Å². The van der Waals surface area contributed by atoms with Gasteiger partial charge in [-0.05, 0) is 41.5 Å². The molecule has 2 heterocycles. The van der Waals surface area contributed by atoms with E-state index < -0.39 is 40.9 Å². The van der Waals surface area contributed by atoms with Crippen LogP contribution in [-0.2, 0) is 25.5 Å². The fourth-order valence-electron chi connectivity index (χ4n) is 2.23. The molecule has 2 aromatic rings. The highest BCUT2D eigenvalue weighted by Gasteiger charge is 2.35. The summed E-state index contributed by atoms with van der Waals surface area (Å²) in [6, 6.07) is 0. The maximum Gasteiger partial charge on any atom is 0.427 e. The summed E-state index contributed by atoms with van der Waals surface area (Å²) in [6.45, 7) is 9.41. The molecule has 0 unspecified atom stereocenters. The molecule has 0 atom stereocenters. The molecule has 0 saturated heterocycles. The van der Waals surface area contributed by atoms with Gasteiger partial charge in [0.05, 0.1) is 13.4 Å². The lowest BCUT2D eigenvalue weighted by Gasteiger charge is -2.27. The van der Waals surface area contributed by atoms with E-state index in [4.69, 9.17) is 9.47 Å². The SMILES string of the molecule is COC(=O)Cn1cnc2c(=O)[nH]c(N(C(=O)OC(C)(C)C)C(=O)OC(C)(C)C)nc21. The number of hydrogen-bond donors (Lipinski definition) is 1. The number of methoxy groups -OCH3 is 1. The number of imide groups is 1. The van der Waals surface area contributed by atoms with Gasteiger partial charge in [0, 0.05) is 0 Å². The van der Waals surface area contributed by atoms with Crippen molar-refractivity contribution in [2.75, 3.05) is 12.0 Å². The highest BCUT2D eigenvalue weighted by molar-refractivity contribution is 6.08. The summed E-state index contributed by atoms with van der Waals surface area (Å²) in [5.41, 5.74) is -2.72. The summed E-state index contributed by atoms with van der Waals surface area (Å²) in [5, 5.41) is 0. The van der Waals surface area contributed by atoms with Crippen molar-refractivity contribution in [1.29, 1.82) is 0 Å². The van der Waals surface area contributed by atoms with Crippen molar-refractivity contribution in [3.8, 4) is 0 Å². The average molecular weight is 423 g/mol. The molecule has 0 aliphatic heterocycles. The van der Waals surface area contributed by atoms with Crippen molar-refractivity contribution in [3.05, 3.63) is 16.7 Å². The van der Waals surface area contributed by atoms with E-state index in [2.05, 4.69) is 19.7 Å². The van der Waals surface area contributed by atoms with Crippen LogP contribution < -0.4 is 10.5 Å². The van der Waals surface area contributed by atoms with E-state index in [1.807, 2.05) is 0 Å². The number of hydrogen-bond acceptors (Lipinski definition) is 9. The number of fused-ring (bicyclic) bond motifs is 1. The van der Waals surface area contributed by atoms with Gasteiger partial charge in [0.25, 0.3) is 5.56 Å². The molecule has 12 nitrogen and oxygen atoms in total. The van der Waals surface area contributed by atoms with E-state index >= 15 is 0 Å². The third-order valence-electron chi connectivity index (χ3n) is 3.35. The molecule has 0 aliphatic carbocycles. The van der Waals surface area contributed by atoms with Crippen LogP contribution in [-0.4, -0.2) is 56.0 Å². The Kier molecular flexibility index (Phi) is 6.19. The smallest absolute Gasteiger partial charge is 0.427 e. The predicted octanol–water partition coefficient (Wildman–Crippen LogP) is 1.97. The van der Waals surface area contributed by atoms with Gasteiger partial charge in [0.15, 0.2) is 11.2 Å². The summed E-state index contributed by atoms with van der Waals surface area (Å²) in [5.74, 6) is -1.04. The third kappa shape index (κ3) is 5.55. The average Bonchev–Trinajstić information content (AvgIpc) is 2.95. The molecular weight excluding hydrogens is 398 g/mol.